The number of anilines is 1. The lowest BCUT2D eigenvalue weighted by atomic mass is 9.96. The van der Waals surface area contributed by atoms with Gasteiger partial charge in [0.25, 0.3) is 0 Å². The third kappa shape index (κ3) is 9.91. The van der Waals surface area contributed by atoms with E-state index in [2.05, 4.69) is 102 Å². The number of nitrogens with two attached hydrogens (primary N) is 1. The third-order valence-corrected chi connectivity index (χ3v) is 7.37. The van der Waals surface area contributed by atoms with Crippen molar-refractivity contribution in [3.8, 4) is 0 Å². The highest BCUT2D eigenvalue weighted by Crippen LogP contribution is 2.26. The van der Waals surface area contributed by atoms with E-state index in [4.69, 9.17) is 5.73 Å². The van der Waals surface area contributed by atoms with Crippen LogP contribution >= 0.6 is 0 Å². The SMILES string of the molecule is CC/C=C(/NCCCCc1ccccc1)c1cc(C)ccc1CN1CCc2ccc(NC)cc2C1.CC/C=C/N. The normalized spacial score (nSPS) is 13.4. The van der Waals surface area contributed by atoms with Crippen LogP contribution in [-0.2, 0) is 25.9 Å². The first-order chi connectivity index (χ1) is 19.6. The highest BCUT2D eigenvalue weighted by atomic mass is 15.1. The minimum absolute atomic E-state index is 0.982. The van der Waals surface area contributed by atoms with Crippen LogP contribution in [0.4, 0.5) is 5.69 Å². The van der Waals surface area contributed by atoms with Crippen molar-refractivity contribution >= 4 is 11.4 Å². The van der Waals surface area contributed by atoms with Crippen LogP contribution in [0.15, 0.2) is 85.1 Å². The summed E-state index contributed by atoms with van der Waals surface area (Å²) in [4.78, 5) is 2.60. The third-order valence-electron chi connectivity index (χ3n) is 7.37. The second kappa shape index (κ2) is 17.2. The highest BCUT2D eigenvalue weighted by molar-refractivity contribution is 5.67. The predicted molar refractivity (Wildman–Crippen MR) is 174 cm³/mol. The lowest BCUT2D eigenvalue weighted by Crippen LogP contribution is -2.30. The number of rotatable bonds is 12. The van der Waals surface area contributed by atoms with Crippen molar-refractivity contribution in [1.82, 2.24) is 10.2 Å². The van der Waals surface area contributed by atoms with Crippen molar-refractivity contribution in [1.29, 1.82) is 0 Å². The maximum atomic E-state index is 4.96. The molecule has 0 unspecified atom stereocenters. The summed E-state index contributed by atoms with van der Waals surface area (Å²) in [5.41, 5.74) is 15.9. The first-order valence-corrected chi connectivity index (χ1v) is 15.0. The molecule has 0 aromatic heterocycles. The topological polar surface area (TPSA) is 53.3 Å². The number of nitrogens with one attached hydrogen (secondary N) is 2. The summed E-state index contributed by atoms with van der Waals surface area (Å²) in [6.07, 6.45) is 12.5. The minimum atomic E-state index is 0.982. The maximum Gasteiger partial charge on any atom is 0.0376 e. The molecule has 4 heteroatoms. The molecule has 40 heavy (non-hydrogen) atoms. The van der Waals surface area contributed by atoms with Gasteiger partial charge >= 0.3 is 0 Å². The van der Waals surface area contributed by atoms with Gasteiger partial charge in [0.05, 0.1) is 0 Å². The zero-order valence-electron chi connectivity index (χ0n) is 25.2. The van der Waals surface area contributed by atoms with Crippen molar-refractivity contribution < 1.29 is 0 Å². The van der Waals surface area contributed by atoms with E-state index < -0.39 is 0 Å². The number of fused-ring (bicyclic) bond motifs is 1. The Balaban J connectivity index is 0.000000810. The molecular formula is C36H50N4. The number of benzene rings is 3. The van der Waals surface area contributed by atoms with Gasteiger partial charge in [-0.1, -0.05) is 80.1 Å². The zero-order chi connectivity index (χ0) is 28.6. The molecule has 0 amide bonds. The molecule has 1 aliphatic rings. The standard InChI is InChI=1S/C32H41N3.C4H9N/c1-4-10-32(34-19-9-8-13-26-11-6-5-7-12-26)31-21-25(2)14-15-28(31)23-35-20-18-27-16-17-30(33-3)22-29(27)24-35;1-2-3-4-5/h5-7,10-12,14-17,21-22,33-34H,4,8-9,13,18-20,23-24H2,1-3H3;3-4H,2,5H2,1H3/b32-10+;4-3+. The summed E-state index contributed by atoms with van der Waals surface area (Å²) in [5.74, 6) is 0. The molecule has 1 aliphatic heterocycles. The highest BCUT2D eigenvalue weighted by Gasteiger charge is 2.18. The van der Waals surface area contributed by atoms with E-state index in [-0.39, 0.29) is 0 Å². The van der Waals surface area contributed by atoms with Crippen molar-refractivity contribution in [2.24, 2.45) is 5.73 Å². The first-order valence-electron chi connectivity index (χ1n) is 15.0. The molecular weight excluding hydrogens is 488 g/mol. The second-order valence-corrected chi connectivity index (χ2v) is 10.6. The van der Waals surface area contributed by atoms with Gasteiger partial charge in [-0.3, -0.25) is 4.90 Å². The molecule has 3 aromatic carbocycles. The molecule has 1 heterocycles. The van der Waals surface area contributed by atoms with E-state index in [1.807, 2.05) is 20.0 Å². The first kappa shape index (κ1) is 31.0. The lowest BCUT2D eigenvalue weighted by molar-refractivity contribution is 0.245. The Morgan fingerprint density at radius 2 is 1.77 bits per heavy atom. The molecule has 4 nitrogen and oxygen atoms in total. The average Bonchev–Trinajstić information content (AvgIpc) is 2.98. The summed E-state index contributed by atoms with van der Waals surface area (Å²) in [6.45, 7) is 10.6. The van der Waals surface area contributed by atoms with E-state index >= 15 is 0 Å². The van der Waals surface area contributed by atoms with Gasteiger partial charge in [0, 0.05) is 50.2 Å². The fourth-order valence-corrected chi connectivity index (χ4v) is 5.17. The summed E-state index contributed by atoms with van der Waals surface area (Å²) >= 11 is 0. The van der Waals surface area contributed by atoms with Crippen LogP contribution in [0.3, 0.4) is 0 Å². The Hall–Kier alpha value is -3.50. The molecule has 0 saturated carbocycles. The molecule has 214 valence electrons. The molecule has 0 radical (unpaired) electrons. The van der Waals surface area contributed by atoms with Crippen LogP contribution in [0.1, 0.15) is 72.9 Å². The smallest absolute Gasteiger partial charge is 0.0376 e. The van der Waals surface area contributed by atoms with Crippen molar-refractivity contribution in [3.63, 3.8) is 0 Å². The van der Waals surface area contributed by atoms with Crippen LogP contribution in [-0.4, -0.2) is 25.0 Å². The van der Waals surface area contributed by atoms with Crippen LogP contribution < -0.4 is 16.4 Å². The van der Waals surface area contributed by atoms with Gasteiger partial charge in [0.2, 0.25) is 0 Å². The van der Waals surface area contributed by atoms with Crippen molar-refractivity contribution in [3.05, 3.63) is 118 Å². The second-order valence-electron chi connectivity index (χ2n) is 10.6. The summed E-state index contributed by atoms with van der Waals surface area (Å²) in [5, 5.41) is 7.08. The van der Waals surface area contributed by atoms with Gasteiger partial charge in [-0.2, -0.15) is 0 Å². The Morgan fingerprint density at radius 1 is 0.950 bits per heavy atom. The van der Waals surface area contributed by atoms with E-state index in [1.165, 1.54) is 57.6 Å². The number of unbranched alkanes of at least 4 members (excludes halogenated alkanes) is 1. The number of allylic oxidation sites excluding steroid dienone is 2. The molecule has 4 rings (SSSR count). The van der Waals surface area contributed by atoms with Crippen LogP contribution in [0.5, 0.6) is 0 Å². The monoisotopic (exact) mass is 538 g/mol. The Labute approximate surface area is 243 Å². The van der Waals surface area contributed by atoms with Crippen molar-refractivity contribution in [2.45, 2.75) is 72.4 Å². The van der Waals surface area contributed by atoms with Gasteiger partial charge < -0.3 is 16.4 Å². The Morgan fingerprint density at radius 3 is 2.48 bits per heavy atom. The summed E-state index contributed by atoms with van der Waals surface area (Å²) in [7, 11) is 2.00. The van der Waals surface area contributed by atoms with Gasteiger partial charge in [0.1, 0.15) is 0 Å². The van der Waals surface area contributed by atoms with Crippen LogP contribution in [0.25, 0.3) is 5.70 Å². The molecule has 0 aliphatic carbocycles. The zero-order valence-corrected chi connectivity index (χ0v) is 25.2. The average molecular weight is 539 g/mol. The molecule has 3 aromatic rings. The number of hydrogen-bond acceptors (Lipinski definition) is 4. The van der Waals surface area contributed by atoms with Crippen LogP contribution in [0, 0.1) is 6.92 Å². The largest absolute Gasteiger partial charge is 0.405 e. The van der Waals surface area contributed by atoms with Crippen LogP contribution in [0.2, 0.25) is 0 Å². The van der Waals surface area contributed by atoms with E-state index in [9.17, 15) is 0 Å². The predicted octanol–water partition coefficient (Wildman–Crippen LogP) is 7.83. The number of aryl methyl sites for hydroxylation is 2. The minimum Gasteiger partial charge on any atom is -0.405 e. The van der Waals surface area contributed by atoms with Gasteiger partial charge in [0.15, 0.2) is 0 Å². The van der Waals surface area contributed by atoms with E-state index in [0.29, 0.717) is 0 Å². The van der Waals surface area contributed by atoms with Gasteiger partial charge in [-0.05, 0) is 92.1 Å². The summed E-state index contributed by atoms with van der Waals surface area (Å²) in [6, 6.07) is 24.6. The molecule has 0 saturated heterocycles. The molecule has 0 bridgehead atoms. The van der Waals surface area contributed by atoms with E-state index in [0.717, 1.165) is 51.9 Å². The maximum absolute atomic E-state index is 4.96. The summed E-state index contributed by atoms with van der Waals surface area (Å²) < 4.78 is 0. The number of nitrogens with zero attached hydrogens (tertiary/aromatic N) is 1. The quantitative estimate of drug-likeness (QED) is 0.206. The Bertz CT molecular complexity index is 1210. The lowest BCUT2D eigenvalue weighted by Gasteiger charge is -2.30. The Kier molecular flexibility index (Phi) is 13.4. The van der Waals surface area contributed by atoms with Gasteiger partial charge in [-0.15, -0.1) is 0 Å². The van der Waals surface area contributed by atoms with E-state index in [1.54, 1.807) is 6.20 Å². The molecule has 0 fully saturated rings. The molecule has 0 spiro atoms. The number of hydrogen-bond donors (Lipinski definition) is 3. The molecule has 4 N–H and O–H groups in total. The molecule has 0 atom stereocenters. The van der Waals surface area contributed by atoms with Gasteiger partial charge in [-0.25, -0.2) is 0 Å². The fourth-order valence-electron chi connectivity index (χ4n) is 5.17. The van der Waals surface area contributed by atoms with Crippen molar-refractivity contribution in [2.75, 3.05) is 25.5 Å². The fraction of sp³-hybridized carbons (Fsp3) is 0.389.